The number of carbonyl (C=O) groups is 1. The van der Waals surface area contributed by atoms with Gasteiger partial charge in [0, 0.05) is 5.69 Å². The van der Waals surface area contributed by atoms with Crippen molar-refractivity contribution in [3.05, 3.63) is 90.0 Å². The lowest BCUT2D eigenvalue weighted by molar-refractivity contribution is 0.102. The summed E-state index contributed by atoms with van der Waals surface area (Å²) in [6, 6.07) is 14.4. The van der Waals surface area contributed by atoms with Crippen molar-refractivity contribution >= 4 is 27.1 Å². The number of rotatable bonds is 9. The second kappa shape index (κ2) is 9.92. The number of carbonyl (C=O) groups excluding carboxylic acids is 1. The molecule has 1 amide bonds. The maximum absolute atomic E-state index is 13.4. The number of nitrogens with zero attached hydrogens (tertiary/aromatic N) is 3. The summed E-state index contributed by atoms with van der Waals surface area (Å²) in [4.78, 5) is 23.4. The second-order valence-electron chi connectivity index (χ2n) is 7.63. The van der Waals surface area contributed by atoms with E-state index in [-0.39, 0.29) is 24.5 Å². The molecule has 0 aliphatic heterocycles. The number of aryl methyl sites for hydroxylation is 1. The molecule has 0 bridgehead atoms. The van der Waals surface area contributed by atoms with Gasteiger partial charge in [-0.2, -0.15) is 0 Å². The Morgan fingerprint density at radius 2 is 1.71 bits per heavy atom. The van der Waals surface area contributed by atoms with Crippen LogP contribution in [0.5, 0.6) is 0 Å². The normalized spacial score (nSPS) is 11.4. The van der Waals surface area contributed by atoms with Crippen LogP contribution >= 0.6 is 0 Å². The molecule has 1 N–H and O–H groups in total. The first-order valence-corrected chi connectivity index (χ1v) is 12.3. The third-order valence-corrected chi connectivity index (χ3v) is 6.60. The predicted octanol–water partition coefficient (Wildman–Crippen LogP) is 4.22. The highest BCUT2D eigenvalue weighted by Gasteiger charge is 2.25. The monoisotopic (exact) mass is 480 g/mol. The van der Waals surface area contributed by atoms with E-state index in [1.165, 1.54) is 13.1 Å². The van der Waals surface area contributed by atoms with Gasteiger partial charge in [0.05, 0.1) is 43.3 Å². The molecule has 9 nitrogen and oxygen atoms in total. The van der Waals surface area contributed by atoms with Gasteiger partial charge < -0.3 is 19.1 Å². The summed E-state index contributed by atoms with van der Waals surface area (Å²) >= 11 is 0. The molecule has 0 aliphatic carbocycles. The molecule has 176 valence electrons. The van der Waals surface area contributed by atoms with Gasteiger partial charge in [-0.15, -0.1) is 0 Å². The van der Waals surface area contributed by atoms with E-state index in [1.807, 2.05) is 25.1 Å². The average molecular weight is 481 g/mol. The lowest BCUT2D eigenvalue weighted by Crippen LogP contribution is -2.27. The van der Waals surface area contributed by atoms with Gasteiger partial charge >= 0.3 is 0 Å². The van der Waals surface area contributed by atoms with Crippen LogP contribution in [0.4, 0.5) is 11.4 Å². The number of aromatic nitrogens is 2. The Bertz CT molecular complexity index is 1330. The number of benzene rings is 1. The van der Waals surface area contributed by atoms with Gasteiger partial charge in [-0.1, -0.05) is 19.1 Å². The minimum Gasteiger partial charge on any atom is -0.467 e. The van der Waals surface area contributed by atoms with Crippen molar-refractivity contribution < 1.29 is 22.0 Å². The number of hydrogen-bond donors (Lipinski definition) is 1. The van der Waals surface area contributed by atoms with E-state index in [0.29, 0.717) is 22.9 Å². The molecule has 10 heteroatoms. The molecule has 3 heterocycles. The summed E-state index contributed by atoms with van der Waals surface area (Å²) in [5.41, 5.74) is 1.81. The zero-order chi connectivity index (χ0) is 24.1. The molecule has 0 aliphatic rings. The highest BCUT2D eigenvalue weighted by Crippen LogP contribution is 2.26. The number of nitrogens with one attached hydrogen (secondary N) is 1. The highest BCUT2D eigenvalue weighted by molar-refractivity contribution is 7.91. The Balaban J connectivity index is 1.78. The van der Waals surface area contributed by atoms with Crippen LogP contribution in [0.25, 0.3) is 0 Å². The van der Waals surface area contributed by atoms with Crippen molar-refractivity contribution in [1.29, 1.82) is 0 Å². The number of anilines is 2. The van der Waals surface area contributed by atoms with E-state index in [2.05, 4.69) is 15.3 Å². The van der Waals surface area contributed by atoms with Crippen molar-refractivity contribution in [3.63, 3.8) is 0 Å². The van der Waals surface area contributed by atoms with E-state index in [9.17, 15) is 13.2 Å². The Morgan fingerprint density at radius 3 is 2.26 bits per heavy atom. The highest BCUT2D eigenvalue weighted by atomic mass is 32.2. The number of hydrogen-bond acceptors (Lipinski definition) is 8. The SMILES string of the molecule is CCS(=O)(=O)c1ncc(N(Cc2ccco2)Cc2ccco2)c(C(=O)Nc2cccc(C)c2)n1. The minimum atomic E-state index is -3.73. The molecular formula is C24H24N4O5S. The van der Waals surface area contributed by atoms with Crippen LogP contribution in [0, 0.1) is 6.92 Å². The van der Waals surface area contributed by atoms with E-state index in [1.54, 1.807) is 47.8 Å². The lowest BCUT2D eigenvalue weighted by atomic mass is 10.2. The van der Waals surface area contributed by atoms with Crippen molar-refractivity contribution in [2.24, 2.45) is 0 Å². The maximum atomic E-state index is 13.4. The molecule has 34 heavy (non-hydrogen) atoms. The van der Waals surface area contributed by atoms with Crippen molar-refractivity contribution in [2.75, 3.05) is 16.0 Å². The molecule has 0 radical (unpaired) electrons. The van der Waals surface area contributed by atoms with E-state index < -0.39 is 20.9 Å². The van der Waals surface area contributed by atoms with Gasteiger partial charge in [-0.3, -0.25) is 4.79 Å². The molecule has 4 aromatic rings. The third-order valence-electron chi connectivity index (χ3n) is 5.09. The smallest absolute Gasteiger partial charge is 0.276 e. The van der Waals surface area contributed by atoms with Crippen LogP contribution in [-0.2, 0) is 22.9 Å². The Morgan fingerprint density at radius 1 is 1.03 bits per heavy atom. The Labute approximate surface area is 197 Å². The predicted molar refractivity (Wildman–Crippen MR) is 126 cm³/mol. The quantitative estimate of drug-likeness (QED) is 0.354. The Hall–Kier alpha value is -3.92. The topological polar surface area (TPSA) is 119 Å². The van der Waals surface area contributed by atoms with Gasteiger partial charge in [-0.25, -0.2) is 18.4 Å². The van der Waals surface area contributed by atoms with Gasteiger partial charge in [-0.05, 0) is 48.9 Å². The fourth-order valence-electron chi connectivity index (χ4n) is 3.36. The summed E-state index contributed by atoms with van der Waals surface area (Å²) in [5, 5.41) is 2.41. The summed E-state index contributed by atoms with van der Waals surface area (Å²) in [7, 11) is -3.73. The summed E-state index contributed by atoms with van der Waals surface area (Å²) in [5.74, 6) is 0.538. The average Bonchev–Trinajstić information content (AvgIpc) is 3.53. The van der Waals surface area contributed by atoms with Crippen molar-refractivity contribution in [2.45, 2.75) is 32.1 Å². The molecule has 0 fully saturated rings. The van der Waals surface area contributed by atoms with Gasteiger partial charge in [0.1, 0.15) is 11.5 Å². The van der Waals surface area contributed by atoms with Crippen LogP contribution in [-0.4, -0.2) is 30.0 Å². The molecule has 0 unspecified atom stereocenters. The van der Waals surface area contributed by atoms with Crippen LogP contribution in [0.1, 0.15) is 34.5 Å². The van der Waals surface area contributed by atoms with Crippen molar-refractivity contribution in [1.82, 2.24) is 9.97 Å². The molecule has 0 spiro atoms. The largest absolute Gasteiger partial charge is 0.467 e. The third kappa shape index (κ3) is 5.34. The lowest BCUT2D eigenvalue weighted by Gasteiger charge is -2.24. The van der Waals surface area contributed by atoms with E-state index in [0.717, 1.165) is 5.56 Å². The first-order valence-electron chi connectivity index (χ1n) is 10.6. The van der Waals surface area contributed by atoms with Gasteiger partial charge in [0.15, 0.2) is 5.69 Å². The van der Waals surface area contributed by atoms with Crippen LogP contribution in [0.15, 0.2) is 81.2 Å². The maximum Gasteiger partial charge on any atom is 0.276 e. The van der Waals surface area contributed by atoms with Crippen LogP contribution < -0.4 is 10.2 Å². The van der Waals surface area contributed by atoms with Crippen LogP contribution in [0.3, 0.4) is 0 Å². The molecular weight excluding hydrogens is 456 g/mol. The second-order valence-corrected chi connectivity index (χ2v) is 9.80. The van der Waals surface area contributed by atoms with Gasteiger partial charge in [0.25, 0.3) is 5.91 Å². The summed E-state index contributed by atoms with van der Waals surface area (Å²) < 4.78 is 35.9. The molecule has 4 rings (SSSR count). The zero-order valence-electron chi connectivity index (χ0n) is 18.8. The fraction of sp³-hybridized carbons (Fsp3) is 0.208. The van der Waals surface area contributed by atoms with E-state index >= 15 is 0 Å². The number of amides is 1. The summed E-state index contributed by atoms with van der Waals surface area (Å²) in [6.07, 6.45) is 4.46. The van der Waals surface area contributed by atoms with Crippen molar-refractivity contribution in [3.8, 4) is 0 Å². The number of furan rings is 2. The number of sulfone groups is 1. The standard InChI is InChI=1S/C24H24N4O5S/c1-3-34(30,31)24-25-14-21(22(27-24)23(29)26-18-8-4-7-17(2)13-18)28(15-19-9-5-11-32-19)16-20-10-6-12-33-20/h4-14H,3,15-16H2,1-2H3,(H,26,29). The molecule has 3 aromatic heterocycles. The zero-order valence-corrected chi connectivity index (χ0v) is 19.6. The molecule has 1 aromatic carbocycles. The molecule has 0 saturated carbocycles. The fourth-order valence-corrected chi connectivity index (χ4v) is 4.06. The van der Waals surface area contributed by atoms with Gasteiger partial charge in [0.2, 0.25) is 15.0 Å². The van der Waals surface area contributed by atoms with Crippen LogP contribution in [0.2, 0.25) is 0 Å². The first kappa shape index (κ1) is 23.2. The summed E-state index contributed by atoms with van der Waals surface area (Å²) in [6.45, 7) is 3.97. The molecule has 0 atom stereocenters. The Kier molecular flexibility index (Phi) is 6.78. The first-order chi connectivity index (χ1) is 16.4. The van der Waals surface area contributed by atoms with E-state index in [4.69, 9.17) is 8.83 Å². The molecule has 0 saturated heterocycles. The minimum absolute atomic E-state index is 0.0679.